The van der Waals surface area contributed by atoms with Gasteiger partial charge >= 0.3 is 0 Å². The maximum absolute atomic E-state index is 11.8. The van der Waals surface area contributed by atoms with Crippen LogP contribution in [0.3, 0.4) is 0 Å². The Balaban J connectivity index is 1.61. The molecule has 0 aliphatic carbocycles. The zero-order valence-electron chi connectivity index (χ0n) is 15.2. The van der Waals surface area contributed by atoms with Crippen LogP contribution in [0.15, 0.2) is 48.5 Å². The number of carbonyl (C=O) groups is 3. The minimum Gasteiger partial charge on any atom is -0.497 e. The normalized spacial score (nSPS) is 10.1. The molecule has 0 unspecified atom stereocenters. The number of hydrogen-bond acceptors (Lipinski definition) is 5. The molecule has 0 aliphatic rings. The van der Waals surface area contributed by atoms with E-state index in [0.29, 0.717) is 16.5 Å². The number of rotatable bonds is 8. The standard InChI is InChI=1S/C19H20ClN3O4S/c1-27-16-8-2-13(3-9-16)10-17(24)22-23-19(26)12-28-11-18(25)21-15-6-4-14(20)5-7-15/h2-9H,10-12H2,1H3,(H,21,25)(H,22,24)(H,23,26). The van der Waals surface area contributed by atoms with Crippen LogP contribution in [0, 0.1) is 0 Å². The lowest BCUT2D eigenvalue weighted by atomic mass is 10.1. The van der Waals surface area contributed by atoms with Crippen LogP contribution in [-0.2, 0) is 20.8 Å². The summed E-state index contributed by atoms with van der Waals surface area (Å²) in [4.78, 5) is 35.4. The number of amides is 3. The van der Waals surface area contributed by atoms with Crippen LogP contribution in [0.1, 0.15) is 5.56 Å². The lowest BCUT2D eigenvalue weighted by Crippen LogP contribution is -2.43. The quantitative estimate of drug-likeness (QED) is 0.569. The molecule has 0 saturated carbocycles. The molecule has 0 saturated heterocycles. The predicted molar refractivity (Wildman–Crippen MR) is 110 cm³/mol. The Labute approximate surface area is 172 Å². The van der Waals surface area contributed by atoms with Gasteiger partial charge in [-0.15, -0.1) is 11.8 Å². The number of benzene rings is 2. The maximum atomic E-state index is 11.8. The monoisotopic (exact) mass is 421 g/mol. The molecule has 7 nitrogen and oxygen atoms in total. The molecule has 0 bridgehead atoms. The van der Waals surface area contributed by atoms with E-state index in [1.165, 1.54) is 0 Å². The van der Waals surface area contributed by atoms with E-state index >= 15 is 0 Å². The van der Waals surface area contributed by atoms with Crippen molar-refractivity contribution >= 4 is 46.8 Å². The first-order chi connectivity index (χ1) is 13.5. The van der Waals surface area contributed by atoms with Crippen LogP contribution in [-0.4, -0.2) is 36.3 Å². The first-order valence-corrected chi connectivity index (χ1v) is 9.83. The number of thioether (sulfide) groups is 1. The fourth-order valence-electron chi connectivity index (χ4n) is 2.12. The van der Waals surface area contributed by atoms with Crippen molar-refractivity contribution in [2.75, 3.05) is 23.9 Å². The second kappa shape index (κ2) is 11.2. The van der Waals surface area contributed by atoms with Crippen LogP contribution in [0.4, 0.5) is 5.69 Å². The van der Waals surface area contributed by atoms with Gasteiger partial charge in [-0.3, -0.25) is 25.2 Å². The van der Waals surface area contributed by atoms with E-state index in [1.54, 1.807) is 55.6 Å². The number of halogens is 1. The maximum Gasteiger partial charge on any atom is 0.248 e. The van der Waals surface area contributed by atoms with Crippen molar-refractivity contribution in [3.05, 3.63) is 59.1 Å². The van der Waals surface area contributed by atoms with Crippen molar-refractivity contribution < 1.29 is 19.1 Å². The van der Waals surface area contributed by atoms with Crippen molar-refractivity contribution in [3.8, 4) is 5.75 Å². The molecule has 2 aromatic carbocycles. The third-order valence-corrected chi connectivity index (χ3v) is 4.64. The molecule has 0 aromatic heterocycles. The van der Waals surface area contributed by atoms with E-state index in [1.807, 2.05) is 0 Å². The van der Waals surface area contributed by atoms with Crippen LogP contribution in [0.2, 0.25) is 5.02 Å². The minimum atomic E-state index is -0.396. The topological polar surface area (TPSA) is 96.5 Å². The highest BCUT2D eigenvalue weighted by Crippen LogP contribution is 2.14. The summed E-state index contributed by atoms with van der Waals surface area (Å²) >= 11 is 6.92. The fraction of sp³-hybridized carbons (Fsp3) is 0.211. The van der Waals surface area contributed by atoms with Crippen LogP contribution >= 0.6 is 23.4 Å². The number of nitrogens with one attached hydrogen (secondary N) is 3. The van der Waals surface area contributed by atoms with Gasteiger partial charge < -0.3 is 10.1 Å². The molecule has 0 aliphatic heterocycles. The number of hydrazine groups is 1. The molecule has 0 heterocycles. The summed E-state index contributed by atoms with van der Waals surface area (Å²) in [6.07, 6.45) is 0.126. The Kier molecular flexibility index (Phi) is 8.64. The second-order valence-electron chi connectivity index (χ2n) is 5.67. The molecule has 3 amide bonds. The molecule has 148 valence electrons. The van der Waals surface area contributed by atoms with E-state index in [4.69, 9.17) is 16.3 Å². The van der Waals surface area contributed by atoms with Crippen molar-refractivity contribution in [1.29, 1.82) is 0 Å². The van der Waals surface area contributed by atoms with E-state index in [9.17, 15) is 14.4 Å². The van der Waals surface area contributed by atoms with Gasteiger partial charge in [-0.25, -0.2) is 0 Å². The first-order valence-electron chi connectivity index (χ1n) is 8.30. The van der Waals surface area contributed by atoms with Crippen molar-refractivity contribution in [3.63, 3.8) is 0 Å². The summed E-state index contributed by atoms with van der Waals surface area (Å²) in [7, 11) is 1.57. The smallest absolute Gasteiger partial charge is 0.248 e. The summed E-state index contributed by atoms with van der Waals surface area (Å²) in [6, 6.07) is 13.8. The average Bonchev–Trinajstić information content (AvgIpc) is 2.69. The zero-order chi connectivity index (χ0) is 20.4. The predicted octanol–water partition coefficient (Wildman–Crippen LogP) is 2.41. The Bertz CT molecular complexity index is 813. The Hall–Kier alpha value is -2.71. The zero-order valence-corrected chi connectivity index (χ0v) is 16.7. The Morgan fingerprint density at radius 2 is 1.50 bits per heavy atom. The van der Waals surface area contributed by atoms with Gasteiger partial charge in [0.1, 0.15) is 5.75 Å². The summed E-state index contributed by atoms with van der Waals surface area (Å²) in [5, 5.41) is 3.28. The minimum absolute atomic E-state index is 0.0385. The SMILES string of the molecule is COc1ccc(CC(=O)NNC(=O)CSCC(=O)Nc2ccc(Cl)cc2)cc1. The van der Waals surface area contributed by atoms with Gasteiger partial charge in [-0.2, -0.15) is 0 Å². The number of carbonyl (C=O) groups excluding carboxylic acids is 3. The van der Waals surface area contributed by atoms with E-state index in [2.05, 4.69) is 16.2 Å². The molecule has 28 heavy (non-hydrogen) atoms. The van der Waals surface area contributed by atoms with Gasteiger partial charge in [0, 0.05) is 10.7 Å². The lowest BCUT2D eigenvalue weighted by Gasteiger charge is -2.08. The molecular formula is C19H20ClN3O4S. The molecule has 0 fully saturated rings. The number of ether oxygens (including phenoxy) is 1. The Morgan fingerprint density at radius 1 is 0.893 bits per heavy atom. The van der Waals surface area contributed by atoms with Crippen LogP contribution in [0.25, 0.3) is 0 Å². The summed E-state index contributed by atoms with van der Waals surface area (Å²) < 4.78 is 5.05. The number of hydrogen-bond donors (Lipinski definition) is 3. The summed E-state index contributed by atoms with van der Waals surface area (Å²) in [6.45, 7) is 0. The number of methoxy groups -OCH3 is 1. The highest BCUT2D eigenvalue weighted by molar-refractivity contribution is 8.00. The van der Waals surface area contributed by atoms with E-state index in [0.717, 1.165) is 17.3 Å². The van der Waals surface area contributed by atoms with Crippen molar-refractivity contribution in [1.82, 2.24) is 10.9 Å². The lowest BCUT2D eigenvalue weighted by molar-refractivity contribution is -0.127. The highest BCUT2D eigenvalue weighted by Gasteiger charge is 2.08. The van der Waals surface area contributed by atoms with Gasteiger partial charge in [0.05, 0.1) is 25.0 Å². The third kappa shape index (κ3) is 7.89. The van der Waals surface area contributed by atoms with Crippen molar-refractivity contribution in [2.24, 2.45) is 0 Å². The molecule has 2 aromatic rings. The fourth-order valence-corrected chi connectivity index (χ4v) is 2.86. The van der Waals surface area contributed by atoms with E-state index in [-0.39, 0.29) is 29.7 Å². The van der Waals surface area contributed by atoms with Crippen LogP contribution < -0.4 is 20.9 Å². The van der Waals surface area contributed by atoms with Crippen molar-refractivity contribution in [2.45, 2.75) is 6.42 Å². The second-order valence-corrected chi connectivity index (χ2v) is 7.09. The molecule has 0 radical (unpaired) electrons. The molecular weight excluding hydrogens is 402 g/mol. The first kappa shape index (κ1) is 21.6. The van der Waals surface area contributed by atoms with Gasteiger partial charge in [0.15, 0.2) is 0 Å². The average molecular weight is 422 g/mol. The van der Waals surface area contributed by atoms with Gasteiger partial charge in [0.2, 0.25) is 17.7 Å². The largest absolute Gasteiger partial charge is 0.497 e. The summed E-state index contributed by atoms with van der Waals surface area (Å²) in [5.41, 5.74) is 6.09. The third-order valence-electron chi connectivity index (χ3n) is 3.46. The van der Waals surface area contributed by atoms with E-state index < -0.39 is 5.91 Å². The van der Waals surface area contributed by atoms with Crippen LogP contribution in [0.5, 0.6) is 5.75 Å². The highest BCUT2D eigenvalue weighted by atomic mass is 35.5. The Morgan fingerprint density at radius 3 is 2.14 bits per heavy atom. The molecule has 2 rings (SSSR count). The van der Waals surface area contributed by atoms with Gasteiger partial charge in [-0.05, 0) is 42.0 Å². The van der Waals surface area contributed by atoms with Gasteiger partial charge in [-0.1, -0.05) is 23.7 Å². The molecule has 3 N–H and O–H groups in total. The number of anilines is 1. The molecule has 0 spiro atoms. The molecule has 9 heteroatoms. The summed E-state index contributed by atoms with van der Waals surface area (Å²) in [5.74, 6) is -0.123. The van der Waals surface area contributed by atoms with Gasteiger partial charge in [0.25, 0.3) is 0 Å². The molecule has 0 atom stereocenters.